The van der Waals surface area contributed by atoms with E-state index in [1.807, 2.05) is 0 Å². The number of halogens is 3. The highest BCUT2D eigenvalue weighted by Crippen LogP contribution is 2.16. The number of likely N-dealkylation sites (tertiary alicyclic amines) is 1. The number of nitrogens with zero attached hydrogens (tertiary/aromatic N) is 1. The predicted octanol–water partition coefficient (Wildman–Crippen LogP) is 2.42. The maximum Gasteiger partial charge on any atom is 0.411 e. The smallest absolute Gasteiger partial charge is 0.371 e. The molecule has 1 fully saturated rings. The molecule has 0 aromatic carbocycles. The third kappa shape index (κ3) is 8.44. The van der Waals surface area contributed by atoms with Gasteiger partial charge in [-0.05, 0) is 45.8 Å². The molecule has 0 aromatic heterocycles. The molecule has 0 radical (unpaired) electrons. The van der Waals surface area contributed by atoms with Crippen LogP contribution in [0.25, 0.3) is 0 Å². The van der Waals surface area contributed by atoms with E-state index in [1.165, 1.54) is 25.8 Å². The summed E-state index contributed by atoms with van der Waals surface area (Å²) in [7, 11) is 0. The number of nitrogens with one attached hydrogen (secondary N) is 1. The van der Waals surface area contributed by atoms with Gasteiger partial charge in [0.2, 0.25) is 0 Å². The Labute approximate surface area is 113 Å². The molecule has 0 saturated carbocycles. The van der Waals surface area contributed by atoms with E-state index in [-0.39, 0.29) is 6.61 Å². The van der Waals surface area contributed by atoms with E-state index in [4.69, 9.17) is 0 Å². The molecule has 1 saturated heterocycles. The molecule has 0 aliphatic carbocycles. The first-order valence-electron chi connectivity index (χ1n) is 7.08. The molecule has 1 unspecified atom stereocenters. The lowest BCUT2D eigenvalue weighted by molar-refractivity contribution is -0.173. The van der Waals surface area contributed by atoms with Crippen LogP contribution in [0.15, 0.2) is 0 Å². The van der Waals surface area contributed by atoms with Gasteiger partial charge in [0.25, 0.3) is 0 Å². The van der Waals surface area contributed by atoms with Gasteiger partial charge in [0.15, 0.2) is 0 Å². The third-order valence-electron chi connectivity index (χ3n) is 3.43. The van der Waals surface area contributed by atoms with Crippen LogP contribution in [0, 0.1) is 0 Å². The molecule has 1 heterocycles. The average molecular weight is 282 g/mol. The van der Waals surface area contributed by atoms with Crippen LogP contribution < -0.4 is 5.32 Å². The first-order valence-corrected chi connectivity index (χ1v) is 7.08. The van der Waals surface area contributed by atoms with E-state index < -0.39 is 12.8 Å². The minimum Gasteiger partial charge on any atom is -0.371 e. The topological polar surface area (TPSA) is 24.5 Å². The summed E-state index contributed by atoms with van der Waals surface area (Å²) in [4.78, 5) is 2.49. The predicted molar refractivity (Wildman–Crippen MR) is 69.2 cm³/mol. The van der Waals surface area contributed by atoms with Crippen LogP contribution >= 0.6 is 0 Å². The zero-order valence-corrected chi connectivity index (χ0v) is 11.6. The van der Waals surface area contributed by atoms with E-state index in [9.17, 15) is 13.2 Å². The van der Waals surface area contributed by atoms with Crippen molar-refractivity contribution in [2.24, 2.45) is 0 Å². The van der Waals surface area contributed by atoms with Gasteiger partial charge in [-0.25, -0.2) is 0 Å². The standard InChI is InChI=1S/C13H25F3N2O/c1-12-5-2-3-8-18(12)9-4-6-17-7-10-19-11-13(14,15)16/h12,17H,2-11H2,1H3. The molecule has 3 nitrogen and oxygen atoms in total. The Hall–Kier alpha value is -0.330. The van der Waals surface area contributed by atoms with Crippen molar-refractivity contribution < 1.29 is 17.9 Å². The zero-order valence-electron chi connectivity index (χ0n) is 11.6. The van der Waals surface area contributed by atoms with Gasteiger partial charge >= 0.3 is 6.18 Å². The fraction of sp³-hybridized carbons (Fsp3) is 1.00. The quantitative estimate of drug-likeness (QED) is 0.692. The highest BCUT2D eigenvalue weighted by atomic mass is 19.4. The zero-order chi connectivity index (χ0) is 14.1. The molecular formula is C13H25F3N2O. The van der Waals surface area contributed by atoms with Crippen LogP contribution in [0.3, 0.4) is 0 Å². The van der Waals surface area contributed by atoms with Crippen LogP contribution in [0.5, 0.6) is 0 Å². The van der Waals surface area contributed by atoms with Crippen molar-refractivity contribution in [1.29, 1.82) is 0 Å². The van der Waals surface area contributed by atoms with Gasteiger partial charge in [-0.15, -0.1) is 0 Å². The Morgan fingerprint density at radius 2 is 2.05 bits per heavy atom. The number of ether oxygens (including phenoxy) is 1. The second-order valence-corrected chi connectivity index (χ2v) is 5.15. The number of piperidine rings is 1. The second kappa shape index (κ2) is 8.76. The van der Waals surface area contributed by atoms with Crippen LogP contribution in [-0.2, 0) is 4.74 Å². The van der Waals surface area contributed by atoms with Gasteiger partial charge < -0.3 is 15.0 Å². The van der Waals surface area contributed by atoms with Gasteiger partial charge in [-0.1, -0.05) is 6.42 Å². The van der Waals surface area contributed by atoms with E-state index in [2.05, 4.69) is 21.9 Å². The van der Waals surface area contributed by atoms with Crippen LogP contribution in [0.4, 0.5) is 13.2 Å². The Bertz CT molecular complexity index is 236. The van der Waals surface area contributed by atoms with Gasteiger partial charge in [-0.2, -0.15) is 13.2 Å². The van der Waals surface area contributed by atoms with Gasteiger partial charge in [0.05, 0.1) is 6.61 Å². The highest BCUT2D eigenvalue weighted by molar-refractivity contribution is 4.72. The molecule has 1 aliphatic heterocycles. The summed E-state index contributed by atoms with van der Waals surface area (Å²) in [5, 5.41) is 3.11. The molecule has 1 aliphatic rings. The molecular weight excluding hydrogens is 257 g/mol. The Morgan fingerprint density at radius 3 is 2.74 bits per heavy atom. The van der Waals surface area contributed by atoms with Crippen molar-refractivity contribution in [2.45, 2.75) is 44.8 Å². The summed E-state index contributed by atoms with van der Waals surface area (Å²) in [6.07, 6.45) is 0.697. The third-order valence-corrected chi connectivity index (χ3v) is 3.43. The largest absolute Gasteiger partial charge is 0.411 e. The lowest BCUT2D eigenvalue weighted by Gasteiger charge is -2.33. The minimum atomic E-state index is -4.22. The second-order valence-electron chi connectivity index (χ2n) is 5.15. The summed E-state index contributed by atoms with van der Waals surface area (Å²) in [5.41, 5.74) is 0. The molecule has 19 heavy (non-hydrogen) atoms. The first-order chi connectivity index (χ1) is 8.99. The molecule has 0 aromatic rings. The monoisotopic (exact) mass is 282 g/mol. The summed E-state index contributed by atoms with van der Waals surface area (Å²) < 4.78 is 39.8. The number of hydrogen-bond acceptors (Lipinski definition) is 3. The molecule has 0 bridgehead atoms. The van der Waals surface area contributed by atoms with Crippen LogP contribution in [0.1, 0.15) is 32.6 Å². The molecule has 6 heteroatoms. The van der Waals surface area contributed by atoms with E-state index in [0.29, 0.717) is 12.6 Å². The number of alkyl halides is 3. The molecule has 1 N–H and O–H groups in total. The SMILES string of the molecule is CC1CCCCN1CCCNCCOCC(F)(F)F. The summed E-state index contributed by atoms with van der Waals surface area (Å²) in [6, 6.07) is 0.670. The Kier molecular flexibility index (Phi) is 7.71. The van der Waals surface area contributed by atoms with Gasteiger partial charge in [-0.3, -0.25) is 0 Å². The molecule has 1 atom stereocenters. The van der Waals surface area contributed by atoms with Crippen molar-refractivity contribution in [3.05, 3.63) is 0 Å². The summed E-state index contributed by atoms with van der Waals surface area (Å²) in [6.45, 7) is 4.77. The lowest BCUT2D eigenvalue weighted by atomic mass is 10.0. The first kappa shape index (κ1) is 16.7. The normalized spacial score (nSPS) is 21.8. The molecule has 114 valence electrons. The maximum atomic E-state index is 11.8. The van der Waals surface area contributed by atoms with E-state index in [1.54, 1.807) is 0 Å². The summed E-state index contributed by atoms with van der Waals surface area (Å²) >= 11 is 0. The van der Waals surface area contributed by atoms with Crippen LogP contribution in [0.2, 0.25) is 0 Å². The van der Waals surface area contributed by atoms with Gasteiger partial charge in [0, 0.05) is 12.6 Å². The van der Waals surface area contributed by atoms with Crippen molar-refractivity contribution in [1.82, 2.24) is 10.2 Å². The fourth-order valence-electron chi connectivity index (χ4n) is 2.35. The van der Waals surface area contributed by atoms with Crippen LogP contribution in [-0.4, -0.2) is 56.5 Å². The van der Waals surface area contributed by atoms with E-state index in [0.717, 1.165) is 19.5 Å². The number of rotatable bonds is 8. The minimum absolute atomic E-state index is 0.111. The van der Waals surface area contributed by atoms with E-state index >= 15 is 0 Å². The van der Waals surface area contributed by atoms with Crippen molar-refractivity contribution >= 4 is 0 Å². The Balaban J connectivity index is 1.88. The lowest BCUT2D eigenvalue weighted by Crippen LogP contribution is -2.39. The van der Waals surface area contributed by atoms with Crippen molar-refractivity contribution in [2.75, 3.05) is 39.4 Å². The molecule has 1 rings (SSSR count). The molecule has 0 amide bonds. The number of hydrogen-bond donors (Lipinski definition) is 1. The summed E-state index contributed by atoms with van der Waals surface area (Å²) in [5.74, 6) is 0. The maximum absolute atomic E-state index is 11.8. The Morgan fingerprint density at radius 1 is 1.26 bits per heavy atom. The van der Waals surface area contributed by atoms with Crippen molar-refractivity contribution in [3.8, 4) is 0 Å². The molecule has 0 spiro atoms. The van der Waals surface area contributed by atoms with Crippen molar-refractivity contribution in [3.63, 3.8) is 0 Å². The average Bonchev–Trinajstić information content (AvgIpc) is 2.33. The van der Waals surface area contributed by atoms with Gasteiger partial charge in [0.1, 0.15) is 6.61 Å². The highest BCUT2D eigenvalue weighted by Gasteiger charge is 2.27. The fourth-order valence-corrected chi connectivity index (χ4v) is 2.35.